The van der Waals surface area contributed by atoms with Crippen LogP contribution in [0.2, 0.25) is 0 Å². The van der Waals surface area contributed by atoms with Gasteiger partial charge in [0, 0.05) is 14.1 Å². The molecule has 0 radical (unpaired) electrons. The summed E-state index contributed by atoms with van der Waals surface area (Å²) in [6.07, 6.45) is 3.62. The summed E-state index contributed by atoms with van der Waals surface area (Å²) in [5.41, 5.74) is 4.38. The molecule has 0 N–H and O–H groups in total. The van der Waals surface area contributed by atoms with Crippen LogP contribution in [-0.2, 0) is 9.59 Å². The van der Waals surface area contributed by atoms with E-state index in [9.17, 15) is 9.59 Å². The molecule has 0 bridgehead atoms. The maximum absolute atomic E-state index is 12.8. The highest BCUT2D eigenvalue weighted by Gasteiger charge is 2.34. The van der Waals surface area contributed by atoms with Gasteiger partial charge in [-0.15, -0.1) is 0 Å². The van der Waals surface area contributed by atoms with E-state index >= 15 is 0 Å². The summed E-state index contributed by atoms with van der Waals surface area (Å²) in [6.45, 7) is 0. The van der Waals surface area contributed by atoms with Gasteiger partial charge in [0.25, 0.3) is 11.8 Å². The van der Waals surface area contributed by atoms with Crippen molar-refractivity contribution >= 4 is 23.2 Å². The van der Waals surface area contributed by atoms with E-state index in [0.29, 0.717) is 11.1 Å². The smallest absolute Gasteiger partial charge is 0.258 e. The van der Waals surface area contributed by atoms with Crippen molar-refractivity contribution in [2.24, 2.45) is 0 Å². The number of amides is 2. The molecule has 2 aromatic carbocycles. The molecule has 4 rings (SSSR count). The second-order valence-electron chi connectivity index (χ2n) is 6.35. The number of hydrogen-bond donors (Lipinski definition) is 0. The first-order valence-corrected chi connectivity index (χ1v) is 8.42. The fourth-order valence-corrected chi connectivity index (χ4v) is 3.33. The largest absolute Gasteiger partial charge is 0.311 e. The first kappa shape index (κ1) is 16.1. The van der Waals surface area contributed by atoms with Gasteiger partial charge in [0.2, 0.25) is 0 Å². The lowest BCUT2D eigenvalue weighted by Gasteiger charge is -2.15. The fourth-order valence-electron chi connectivity index (χ4n) is 3.33. The van der Waals surface area contributed by atoms with E-state index in [2.05, 4.69) is 0 Å². The Morgan fingerprint density at radius 3 is 1.27 bits per heavy atom. The molecule has 0 saturated heterocycles. The maximum atomic E-state index is 12.8. The molecule has 0 fully saturated rings. The Morgan fingerprint density at radius 2 is 0.923 bits per heavy atom. The minimum Gasteiger partial charge on any atom is -0.311 e. The monoisotopic (exact) mass is 342 g/mol. The highest BCUT2D eigenvalue weighted by atomic mass is 16.2. The van der Waals surface area contributed by atoms with Crippen LogP contribution in [0, 0.1) is 0 Å². The van der Waals surface area contributed by atoms with Crippen molar-refractivity contribution in [3.05, 3.63) is 95.1 Å². The van der Waals surface area contributed by atoms with Crippen LogP contribution in [0.25, 0.3) is 11.4 Å². The normalized spacial score (nSPS) is 19.9. The Kier molecular flexibility index (Phi) is 3.81. The van der Waals surface area contributed by atoms with E-state index in [1.54, 1.807) is 23.9 Å². The Balaban J connectivity index is 1.83. The van der Waals surface area contributed by atoms with E-state index in [-0.39, 0.29) is 11.8 Å². The third-order valence-electron chi connectivity index (χ3n) is 4.78. The lowest BCUT2D eigenvalue weighted by atomic mass is 10.1. The highest BCUT2D eigenvalue weighted by molar-refractivity contribution is 6.17. The van der Waals surface area contributed by atoms with Crippen LogP contribution in [0.1, 0.15) is 11.1 Å². The van der Waals surface area contributed by atoms with E-state index < -0.39 is 0 Å². The van der Waals surface area contributed by atoms with Crippen molar-refractivity contribution in [1.82, 2.24) is 9.80 Å². The van der Waals surface area contributed by atoms with Gasteiger partial charge >= 0.3 is 0 Å². The van der Waals surface area contributed by atoms with Gasteiger partial charge < -0.3 is 9.80 Å². The van der Waals surface area contributed by atoms with Crippen LogP contribution in [0.3, 0.4) is 0 Å². The number of carbonyl (C=O) groups excluding carboxylic acids is 2. The number of rotatable bonds is 2. The Labute approximate surface area is 152 Å². The zero-order chi connectivity index (χ0) is 18.3. The van der Waals surface area contributed by atoms with Crippen LogP contribution in [0.5, 0.6) is 0 Å². The van der Waals surface area contributed by atoms with E-state index in [1.165, 1.54) is 0 Å². The number of benzene rings is 2. The van der Waals surface area contributed by atoms with E-state index in [1.807, 2.05) is 72.8 Å². The van der Waals surface area contributed by atoms with Gasteiger partial charge in [-0.2, -0.15) is 0 Å². The summed E-state index contributed by atoms with van der Waals surface area (Å²) in [6, 6.07) is 19.4. The van der Waals surface area contributed by atoms with Gasteiger partial charge in [0.05, 0.1) is 22.5 Å². The van der Waals surface area contributed by atoms with Crippen LogP contribution in [-0.4, -0.2) is 35.7 Å². The minimum atomic E-state index is -0.161. The number of hydrogen-bond acceptors (Lipinski definition) is 2. The van der Waals surface area contributed by atoms with Crippen molar-refractivity contribution < 1.29 is 9.59 Å². The molecule has 26 heavy (non-hydrogen) atoms. The van der Waals surface area contributed by atoms with Crippen molar-refractivity contribution in [1.29, 1.82) is 0 Å². The summed E-state index contributed by atoms with van der Waals surface area (Å²) in [7, 11) is 3.47. The van der Waals surface area contributed by atoms with Crippen LogP contribution < -0.4 is 0 Å². The van der Waals surface area contributed by atoms with Crippen molar-refractivity contribution in [3.63, 3.8) is 0 Å². The predicted octanol–water partition coefficient (Wildman–Crippen LogP) is 3.31. The Hall–Kier alpha value is -3.40. The molecule has 4 heteroatoms. The first-order valence-electron chi connectivity index (χ1n) is 8.42. The highest BCUT2D eigenvalue weighted by Crippen LogP contribution is 2.35. The lowest BCUT2D eigenvalue weighted by Crippen LogP contribution is -2.24. The zero-order valence-corrected chi connectivity index (χ0v) is 14.6. The molecule has 2 aliphatic rings. The standard InChI is InChI=1S/C22H18N2O2/c1-23-19(15-9-5-3-6-10-15)13-17(21(23)25)18-14-20(24(2)22(18)26)16-11-7-4-8-12-16/h3-14H,1-2H3/b18-17+. The van der Waals surface area contributed by atoms with Gasteiger partial charge in [-0.1, -0.05) is 60.7 Å². The molecule has 2 aromatic rings. The minimum absolute atomic E-state index is 0.161. The molecular formula is C22H18N2O2. The third-order valence-corrected chi connectivity index (χ3v) is 4.78. The summed E-state index contributed by atoms with van der Waals surface area (Å²) >= 11 is 0. The molecule has 2 amide bonds. The molecule has 0 unspecified atom stereocenters. The van der Waals surface area contributed by atoms with Crippen LogP contribution in [0.4, 0.5) is 0 Å². The van der Waals surface area contributed by atoms with Crippen molar-refractivity contribution in [2.45, 2.75) is 0 Å². The molecule has 2 heterocycles. The fraction of sp³-hybridized carbons (Fsp3) is 0.0909. The van der Waals surface area contributed by atoms with Gasteiger partial charge in [-0.05, 0) is 23.3 Å². The number of likely N-dealkylation sites (N-methyl/N-ethyl adjacent to an activating group) is 2. The van der Waals surface area contributed by atoms with Crippen molar-refractivity contribution in [3.8, 4) is 0 Å². The third kappa shape index (κ3) is 2.47. The van der Waals surface area contributed by atoms with Gasteiger partial charge in [0.15, 0.2) is 0 Å². The molecular weight excluding hydrogens is 324 g/mol. The second kappa shape index (κ2) is 6.15. The zero-order valence-electron chi connectivity index (χ0n) is 14.6. The predicted molar refractivity (Wildman–Crippen MR) is 101 cm³/mol. The van der Waals surface area contributed by atoms with Crippen LogP contribution in [0.15, 0.2) is 84.0 Å². The second-order valence-corrected chi connectivity index (χ2v) is 6.35. The summed E-state index contributed by atoms with van der Waals surface area (Å²) in [5, 5.41) is 0. The molecule has 0 spiro atoms. The number of nitrogens with zero attached hydrogens (tertiary/aromatic N) is 2. The SMILES string of the molecule is CN1C(=O)/C(=C2\C=C(c3ccccc3)N(C)C2=O)C=C1c1ccccc1. The summed E-state index contributed by atoms with van der Waals surface area (Å²) < 4.78 is 0. The molecule has 0 atom stereocenters. The molecule has 0 saturated carbocycles. The molecule has 2 aliphatic heterocycles. The lowest BCUT2D eigenvalue weighted by molar-refractivity contribution is -0.124. The topological polar surface area (TPSA) is 40.6 Å². The summed E-state index contributed by atoms with van der Waals surface area (Å²) in [4.78, 5) is 28.8. The van der Waals surface area contributed by atoms with E-state index in [4.69, 9.17) is 0 Å². The van der Waals surface area contributed by atoms with Crippen LogP contribution >= 0.6 is 0 Å². The summed E-state index contributed by atoms with van der Waals surface area (Å²) in [5.74, 6) is -0.322. The quantitative estimate of drug-likeness (QED) is 0.786. The van der Waals surface area contributed by atoms with Gasteiger partial charge in [-0.3, -0.25) is 9.59 Å². The molecule has 128 valence electrons. The molecule has 0 aromatic heterocycles. The number of carbonyl (C=O) groups is 2. The van der Waals surface area contributed by atoms with Crippen molar-refractivity contribution in [2.75, 3.05) is 14.1 Å². The van der Waals surface area contributed by atoms with Gasteiger partial charge in [-0.25, -0.2) is 0 Å². The average Bonchev–Trinajstić information content (AvgIpc) is 3.14. The average molecular weight is 342 g/mol. The Morgan fingerprint density at radius 1 is 0.577 bits per heavy atom. The molecule has 4 nitrogen and oxygen atoms in total. The first-order chi connectivity index (χ1) is 12.6. The molecule has 0 aliphatic carbocycles. The Bertz CT molecular complexity index is 904. The van der Waals surface area contributed by atoms with Gasteiger partial charge in [0.1, 0.15) is 0 Å². The maximum Gasteiger partial charge on any atom is 0.258 e. The van der Waals surface area contributed by atoms with E-state index in [0.717, 1.165) is 22.5 Å².